The highest BCUT2D eigenvalue weighted by molar-refractivity contribution is 5.22. The highest BCUT2D eigenvalue weighted by Gasteiger charge is 2.15. The summed E-state index contributed by atoms with van der Waals surface area (Å²) in [4.78, 5) is 12.4. The fourth-order valence-electron chi connectivity index (χ4n) is 0.945. The van der Waals surface area contributed by atoms with E-state index >= 15 is 0 Å². The largest absolute Gasteiger partial charge is 0.298 e. The molecule has 0 aliphatic carbocycles. The van der Waals surface area contributed by atoms with Gasteiger partial charge in [0.05, 0.1) is 18.1 Å². The predicted octanol–water partition coefficient (Wildman–Crippen LogP) is 1.52. The third-order valence-corrected chi connectivity index (χ3v) is 1.60. The minimum absolute atomic E-state index is 0.234. The van der Waals surface area contributed by atoms with Crippen LogP contribution in [0.4, 0.5) is 13.2 Å². The Kier molecular flexibility index (Phi) is 2.92. The molecule has 0 amide bonds. The van der Waals surface area contributed by atoms with Crippen LogP contribution in [0.1, 0.15) is 17.6 Å². The molecule has 3 nitrogen and oxygen atoms in total. The summed E-state index contributed by atoms with van der Waals surface area (Å²) in [6.07, 6.45) is -3.33. The van der Waals surface area contributed by atoms with E-state index in [9.17, 15) is 18.0 Å². The van der Waals surface area contributed by atoms with Gasteiger partial charge in [-0.1, -0.05) is 0 Å². The second-order valence-electron chi connectivity index (χ2n) is 2.53. The summed E-state index contributed by atoms with van der Waals surface area (Å²) in [6, 6.07) is 2.31. The molecule has 0 aromatic carbocycles. The van der Waals surface area contributed by atoms with Crippen molar-refractivity contribution in [2.45, 2.75) is 12.8 Å². The van der Waals surface area contributed by atoms with Gasteiger partial charge < -0.3 is 0 Å². The molecular weight excluding hydrogens is 197 g/mol. The lowest BCUT2D eigenvalue weighted by molar-refractivity contribution is 0.149. The number of aromatic nitrogens is 1. The van der Waals surface area contributed by atoms with Gasteiger partial charge in [0.25, 0.3) is 12.0 Å². The summed E-state index contributed by atoms with van der Waals surface area (Å²) in [7, 11) is 0. The van der Waals surface area contributed by atoms with Gasteiger partial charge in [0.1, 0.15) is 0 Å². The van der Waals surface area contributed by atoms with Gasteiger partial charge in [0.15, 0.2) is 5.95 Å². The van der Waals surface area contributed by atoms with Crippen LogP contribution >= 0.6 is 0 Å². The van der Waals surface area contributed by atoms with Crippen LogP contribution in [0.3, 0.4) is 0 Å². The van der Waals surface area contributed by atoms with E-state index in [0.717, 1.165) is 0 Å². The molecule has 0 aliphatic heterocycles. The minimum Gasteiger partial charge on any atom is -0.298 e. The highest BCUT2D eigenvalue weighted by Crippen LogP contribution is 2.16. The summed E-state index contributed by atoms with van der Waals surface area (Å²) in [5.74, 6) is -1.04. The third-order valence-electron chi connectivity index (χ3n) is 1.60. The summed E-state index contributed by atoms with van der Waals surface area (Å²) < 4.78 is 37.1. The molecule has 14 heavy (non-hydrogen) atoms. The first-order valence-corrected chi connectivity index (χ1v) is 3.63. The van der Waals surface area contributed by atoms with Crippen molar-refractivity contribution in [2.75, 3.05) is 0 Å². The van der Waals surface area contributed by atoms with Crippen LogP contribution in [0.2, 0.25) is 0 Å². The van der Waals surface area contributed by atoms with E-state index in [1.165, 1.54) is 0 Å². The van der Waals surface area contributed by atoms with E-state index in [0.29, 0.717) is 6.07 Å². The number of hydrogen-bond donors (Lipinski definition) is 1. The third kappa shape index (κ3) is 1.93. The number of pyridine rings is 1. The topological polar surface area (TPSA) is 56.6 Å². The van der Waals surface area contributed by atoms with Crippen LogP contribution in [-0.4, -0.2) is 4.98 Å². The molecule has 0 fully saturated rings. The molecule has 1 aromatic heterocycles. The zero-order chi connectivity index (χ0) is 10.7. The number of nitrogens with zero attached hydrogens (tertiary/aromatic N) is 1. The number of nitriles is 1. The summed E-state index contributed by atoms with van der Waals surface area (Å²) in [6.45, 7) is 0. The van der Waals surface area contributed by atoms with E-state index in [-0.39, 0.29) is 12.0 Å². The van der Waals surface area contributed by atoms with E-state index in [2.05, 4.69) is 0 Å². The van der Waals surface area contributed by atoms with Crippen molar-refractivity contribution in [1.29, 1.82) is 5.26 Å². The Labute approximate surface area is 76.8 Å². The standard InChI is InChI=1S/C8H5F3N2O/c9-6(10)5-3-4(1-2-12)7(11)13-8(5)14/h3,6H,1H2,(H,13,14). The monoisotopic (exact) mass is 202 g/mol. The number of aromatic amines is 1. The molecule has 1 rings (SSSR count). The van der Waals surface area contributed by atoms with Crippen LogP contribution in [0.5, 0.6) is 0 Å². The Hall–Kier alpha value is -1.77. The molecule has 0 atom stereocenters. The Morgan fingerprint density at radius 2 is 2.21 bits per heavy atom. The maximum absolute atomic E-state index is 12.8. The molecule has 1 aromatic rings. The number of rotatable bonds is 2. The number of halogens is 3. The molecule has 0 radical (unpaired) electrons. The summed E-state index contributed by atoms with van der Waals surface area (Å²) >= 11 is 0. The van der Waals surface area contributed by atoms with E-state index in [4.69, 9.17) is 5.26 Å². The van der Waals surface area contributed by atoms with Crippen LogP contribution in [0.25, 0.3) is 0 Å². The van der Waals surface area contributed by atoms with Gasteiger partial charge >= 0.3 is 0 Å². The quantitative estimate of drug-likeness (QED) is 0.739. The minimum atomic E-state index is -2.98. The molecule has 0 saturated carbocycles. The Morgan fingerprint density at radius 1 is 1.57 bits per heavy atom. The maximum atomic E-state index is 12.8. The lowest BCUT2D eigenvalue weighted by atomic mass is 10.1. The molecule has 6 heteroatoms. The van der Waals surface area contributed by atoms with Crippen LogP contribution in [0.15, 0.2) is 10.9 Å². The van der Waals surface area contributed by atoms with Crippen molar-refractivity contribution in [2.24, 2.45) is 0 Å². The molecule has 74 valence electrons. The lowest BCUT2D eigenvalue weighted by Crippen LogP contribution is -2.16. The lowest BCUT2D eigenvalue weighted by Gasteiger charge is -2.01. The van der Waals surface area contributed by atoms with Crippen LogP contribution in [-0.2, 0) is 6.42 Å². The number of alkyl halides is 2. The fourth-order valence-corrected chi connectivity index (χ4v) is 0.945. The van der Waals surface area contributed by atoms with Gasteiger partial charge in [-0.25, -0.2) is 8.78 Å². The normalized spacial score (nSPS) is 10.2. The van der Waals surface area contributed by atoms with E-state index in [1.807, 2.05) is 0 Å². The Morgan fingerprint density at radius 3 is 2.71 bits per heavy atom. The van der Waals surface area contributed by atoms with Gasteiger partial charge in [0, 0.05) is 5.56 Å². The molecule has 1 heterocycles. The van der Waals surface area contributed by atoms with E-state index in [1.54, 1.807) is 11.1 Å². The van der Waals surface area contributed by atoms with Crippen molar-refractivity contribution in [3.05, 3.63) is 33.5 Å². The summed E-state index contributed by atoms with van der Waals surface area (Å²) in [5, 5.41) is 8.25. The molecule has 0 aliphatic rings. The SMILES string of the molecule is N#CCc1cc(C(F)F)c(=O)[nH]c1F. The number of hydrogen-bond acceptors (Lipinski definition) is 2. The Balaban J connectivity index is 3.29. The van der Waals surface area contributed by atoms with Crippen LogP contribution < -0.4 is 5.56 Å². The molecular formula is C8H5F3N2O. The van der Waals surface area contributed by atoms with Crippen molar-refractivity contribution in [3.8, 4) is 6.07 Å². The van der Waals surface area contributed by atoms with Gasteiger partial charge in [0.2, 0.25) is 0 Å². The first-order valence-electron chi connectivity index (χ1n) is 3.63. The fraction of sp³-hybridized carbons (Fsp3) is 0.250. The summed E-state index contributed by atoms with van der Waals surface area (Å²) in [5.41, 5.74) is -2.22. The van der Waals surface area contributed by atoms with E-state index < -0.39 is 23.5 Å². The number of nitrogens with one attached hydrogen (secondary N) is 1. The van der Waals surface area contributed by atoms with Gasteiger partial charge in [-0.15, -0.1) is 0 Å². The van der Waals surface area contributed by atoms with Crippen molar-refractivity contribution in [1.82, 2.24) is 4.98 Å². The Bertz CT molecular complexity index is 433. The van der Waals surface area contributed by atoms with Crippen LogP contribution in [0, 0.1) is 17.3 Å². The van der Waals surface area contributed by atoms with Gasteiger partial charge in [-0.05, 0) is 6.07 Å². The second kappa shape index (κ2) is 3.96. The number of H-pyrrole nitrogens is 1. The van der Waals surface area contributed by atoms with Crippen molar-refractivity contribution >= 4 is 0 Å². The maximum Gasteiger partial charge on any atom is 0.269 e. The zero-order valence-corrected chi connectivity index (χ0v) is 6.85. The zero-order valence-electron chi connectivity index (χ0n) is 6.85. The molecule has 0 spiro atoms. The molecule has 0 saturated heterocycles. The average Bonchev–Trinajstić information content (AvgIpc) is 2.09. The molecule has 0 unspecified atom stereocenters. The first-order chi connectivity index (χ1) is 6.56. The smallest absolute Gasteiger partial charge is 0.269 e. The second-order valence-corrected chi connectivity index (χ2v) is 2.53. The van der Waals surface area contributed by atoms with Crippen molar-refractivity contribution < 1.29 is 13.2 Å². The highest BCUT2D eigenvalue weighted by atomic mass is 19.3. The molecule has 1 N–H and O–H groups in total. The van der Waals surface area contributed by atoms with Gasteiger partial charge in [-0.2, -0.15) is 9.65 Å². The van der Waals surface area contributed by atoms with Crippen molar-refractivity contribution in [3.63, 3.8) is 0 Å². The van der Waals surface area contributed by atoms with Gasteiger partial charge in [-0.3, -0.25) is 9.78 Å². The first kappa shape index (κ1) is 10.3. The average molecular weight is 202 g/mol. The predicted molar refractivity (Wildman–Crippen MR) is 41.3 cm³/mol. The molecule has 0 bridgehead atoms.